The van der Waals surface area contributed by atoms with E-state index in [9.17, 15) is 18.1 Å². The molecule has 1 amide bonds. The van der Waals surface area contributed by atoms with Gasteiger partial charge in [-0.2, -0.15) is 0 Å². The smallest absolute Gasteiger partial charge is 0.275 e. The fourth-order valence-corrected chi connectivity index (χ4v) is 7.79. The highest BCUT2D eigenvalue weighted by atomic mass is 35.5. The van der Waals surface area contributed by atoms with Crippen LogP contribution in [0.3, 0.4) is 0 Å². The van der Waals surface area contributed by atoms with Gasteiger partial charge in [0.15, 0.2) is 0 Å². The van der Waals surface area contributed by atoms with Crippen LogP contribution >= 0.6 is 22.1 Å². The second-order valence-corrected chi connectivity index (χ2v) is 12.6. The minimum Gasteiger partial charge on any atom is -0.386 e. The molecule has 2 aliphatic rings. The maximum absolute atomic E-state index is 15.1. The summed E-state index contributed by atoms with van der Waals surface area (Å²) in [6.45, 7) is 3.91. The molecule has 34 heavy (non-hydrogen) atoms. The lowest BCUT2D eigenvalue weighted by Gasteiger charge is -2.61. The number of nitrogens with zero attached hydrogens (tertiary/aromatic N) is 3. The van der Waals surface area contributed by atoms with Gasteiger partial charge in [0.2, 0.25) is 0 Å². The molecule has 1 unspecified atom stereocenters. The minimum atomic E-state index is -3.16. The van der Waals surface area contributed by atoms with E-state index in [2.05, 4.69) is 25.0 Å². The van der Waals surface area contributed by atoms with Gasteiger partial charge < -0.3 is 15.6 Å². The molecule has 2 aromatic rings. The first-order valence-electron chi connectivity index (χ1n) is 10.3. The second kappa shape index (κ2) is 8.08. The molecular formula is C21H24ClF3N6O2S. The van der Waals surface area contributed by atoms with Gasteiger partial charge >= 0.3 is 0 Å². The number of pyridine rings is 2. The molecule has 1 fully saturated rings. The van der Waals surface area contributed by atoms with Gasteiger partial charge in [0, 0.05) is 17.6 Å². The third-order valence-electron chi connectivity index (χ3n) is 6.34. The maximum Gasteiger partial charge on any atom is 0.275 e. The van der Waals surface area contributed by atoms with E-state index in [1.807, 2.05) is 0 Å². The first-order valence-corrected chi connectivity index (χ1v) is 12.4. The Morgan fingerprint density at radius 1 is 1.32 bits per heavy atom. The summed E-state index contributed by atoms with van der Waals surface area (Å²) in [4.78, 5) is 25.1. The zero-order valence-electron chi connectivity index (χ0n) is 18.6. The summed E-state index contributed by atoms with van der Waals surface area (Å²) in [5.74, 6) is -4.73. The molecule has 0 bridgehead atoms. The van der Waals surface area contributed by atoms with Gasteiger partial charge in [-0.3, -0.25) is 19.5 Å². The SMILES string of the molecule is CC1(C)C(N)=N[C@](C)(c2nc(NC(=O)c3cc(Cl)ccn3)ccc2F)[C@H]2CC(F)(F)CNS21O. The first-order chi connectivity index (χ1) is 15.7. The zero-order chi connectivity index (χ0) is 25.1. The predicted molar refractivity (Wildman–Crippen MR) is 126 cm³/mol. The van der Waals surface area contributed by atoms with Crippen molar-refractivity contribution in [2.75, 3.05) is 11.9 Å². The molecular weight excluding hydrogens is 493 g/mol. The number of aromatic nitrogens is 2. The van der Waals surface area contributed by atoms with E-state index in [-0.39, 0.29) is 23.0 Å². The molecule has 8 nitrogen and oxygen atoms in total. The number of nitrogens with one attached hydrogen (secondary N) is 2. The van der Waals surface area contributed by atoms with Crippen molar-refractivity contribution in [3.05, 3.63) is 52.7 Å². The van der Waals surface area contributed by atoms with Crippen molar-refractivity contribution in [1.82, 2.24) is 14.7 Å². The summed E-state index contributed by atoms with van der Waals surface area (Å²) in [6, 6.07) is 5.11. The topological polar surface area (TPSA) is 126 Å². The Kier molecular flexibility index (Phi) is 5.87. The second-order valence-electron chi connectivity index (χ2n) is 8.99. The normalized spacial score (nSPS) is 31.5. The van der Waals surface area contributed by atoms with Crippen molar-refractivity contribution in [2.45, 2.75) is 48.7 Å². The number of amides is 1. The molecule has 0 aliphatic carbocycles. The fraction of sp³-hybridized carbons (Fsp3) is 0.429. The molecule has 5 N–H and O–H groups in total. The summed E-state index contributed by atoms with van der Waals surface area (Å²) in [6.07, 6.45) is 0.607. The Hall–Kier alpha value is -2.41. The van der Waals surface area contributed by atoms with Gasteiger partial charge in [0.25, 0.3) is 11.8 Å². The van der Waals surface area contributed by atoms with Crippen LogP contribution in [0.15, 0.2) is 35.5 Å². The van der Waals surface area contributed by atoms with E-state index in [4.69, 9.17) is 17.3 Å². The summed E-state index contributed by atoms with van der Waals surface area (Å²) in [5.41, 5.74) is 4.13. The number of aliphatic imine (C=N–C) groups is 1. The fourth-order valence-electron chi connectivity index (χ4n) is 4.24. The molecule has 0 saturated carbocycles. The van der Waals surface area contributed by atoms with Gasteiger partial charge in [-0.15, -0.1) is 0 Å². The van der Waals surface area contributed by atoms with Crippen LogP contribution < -0.4 is 15.8 Å². The Morgan fingerprint density at radius 2 is 2.03 bits per heavy atom. The highest BCUT2D eigenvalue weighted by Crippen LogP contribution is 2.67. The lowest BCUT2D eigenvalue weighted by Crippen LogP contribution is -2.65. The molecule has 0 radical (unpaired) electrons. The van der Waals surface area contributed by atoms with E-state index >= 15 is 4.39 Å². The summed E-state index contributed by atoms with van der Waals surface area (Å²) < 4.78 is 57.2. The number of halogens is 4. The monoisotopic (exact) mass is 516 g/mol. The summed E-state index contributed by atoms with van der Waals surface area (Å²) in [5, 5.41) is 1.58. The number of amidine groups is 1. The van der Waals surface area contributed by atoms with Crippen molar-refractivity contribution >= 4 is 39.7 Å². The van der Waals surface area contributed by atoms with Crippen molar-refractivity contribution in [2.24, 2.45) is 10.7 Å². The van der Waals surface area contributed by atoms with Gasteiger partial charge in [0.05, 0.1) is 16.5 Å². The van der Waals surface area contributed by atoms with E-state index < -0.39 is 56.6 Å². The third kappa shape index (κ3) is 3.92. The van der Waals surface area contributed by atoms with Crippen LogP contribution in [-0.4, -0.2) is 48.7 Å². The quantitative estimate of drug-likeness (QED) is 0.487. The predicted octanol–water partition coefficient (Wildman–Crippen LogP) is 4.08. The number of anilines is 1. The van der Waals surface area contributed by atoms with E-state index in [1.165, 1.54) is 31.3 Å². The van der Waals surface area contributed by atoms with Gasteiger partial charge in [-0.1, -0.05) is 22.1 Å². The number of fused-ring (bicyclic) bond motifs is 1. The Morgan fingerprint density at radius 3 is 2.71 bits per heavy atom. The van der Waals surface area contributed by atoms with Crippen molar-refractivity contribution in [3.8, 4) is 0 Å². The Labute approximate surface area is 200 Å². The van der Waals surface area contributed by atoms with Crippen LogP contribution in [0.5, 0.6) is 0 Å². The molecule has 4 rings (SSSR count). The molecule has 1 saturated heterocycles. The molecule has 13 heteroatoms. The molecule has 2 aliphatic heterocycles. The molecule has 0 spiro atoms. The molecule has 2 aromatic heterocycles. The number of hydrogen-bond acceptors (Lipinski definition) is 7. The van der Waals surface area contributed by atoms with E-state index in [1.54, 1.807) is 13.8 Å². The molecule has 184 valence electrons. The standard InChI is InChI=1S/C21H24ClF3N6O2S/c1-19(2)18(26)31-20(3,14-9-21(24,25)10-28-34(14,19)33)16-12(23)4-5-15(29-16)30-17(32)13-8-11(22)6-7-27-13/h4-8,14,28,33H,9-10H2,1-3H3,(H2,26,31)(H,29,30,32)/t14-,20+/m1/s1. The highest BCUT2D eigenvalue weighted by molar-refractivity contribution is 8.29. The number of nitrogens with two attached hydrogens (primary N) is 1. The van der Waals surface area contributed by atoms with Crippen molar-refractivity contribution < 1.29 is 22.5 Å². The average Bonchev–Trinajstić information content (AvgIpc) is 2.75. The minimum absolute atomic E-state index is 0.00279. The largest absolute Gasteiger partial charge is 0.386 e. The Bertz CT molecular complexity index is 1200. The molecule has 0 aromatic carbocycles. The van der Waals surface area contributed by atoms with Crippen LogP contribution in [0, 0.1) is 5.82 Å². The van der Waals surface area contributed by atoms with E-state index in [0.29, 0.717) is 5.02 Å². The van der Waals surface area contributed by atoms with Crippen LogP contribution in [0.25, 0.3) is 0 Å². The van der Waals surface area contributed by atoms with Gasteiger partial charge in [-0.05, 0) is 45.0 Å². The number of alkyl halides is 2. The zero-order valence-corrected chi connectivity index (χ0v) is 20.1. The number of carbonyl (C=O) groups is 1. The maximum atomic E-state index is 15.1. The molecule has 4 heterocycles. The van der Waals surface area contributed by atoms with Crippen LogP contribution in [0.4, 0.5) is 19.0 Å². The lowest BCUT2D eigenvalue weighted by atomic mass is 9.88. The lowest BCUT2D eigenvalue weighted by molar-refractivity contribution is -0.0148. The van der Waals surface area contributed by atoms with Crippen molar-refractivity contribution in [1.29, 1.82) is 0 Å². The van der Waals surface area contributed by atoms with Crippen LogP contribution in [0.1, 0.15) is 43.4 Å². The Balaban J connectivity index is 1.79. The number of rotatable bonds is 3. The summed E-state index contributed by atoms with van der Waals surface area (Å²) >= 11 is 5.90. The first kappa shape index (κ1) is 24.7. The molecule has 3 atom stereocenters. The van der Waals surface area contributed by atoms with Crippen LogP contribution in [-0.2, 0) is 5.54 Å². The van der Waals surface area contributed by atoms with Crippen LogP contribution in [0.2, 0.25) is 5.02 Å². The number of hydrogen-bond donors (Lipinski definition) is 4. The van der Waals surface area contributed by atoms with Gasteiger partial charge in [-0.25, -0.2) is 18.2 Å². The average molecular weight is 517 g/mol. The van der Waals surface area contributed by atoms with Crippen molar-refractivity contribution in [3.63, 3.8) is 0 Å². The van der Waals surface area contributed by atoms with E-state index in [0.717, 1.165) is 6.07 Å². The highest BCUT2D eigenvalue weighted by Gasteiger charge is 2.64. The van der Waals surface area contributed by atoms with Gasteiger partial charge in [0.1, 0.15) is 34.4 Å². The number of carbonyl (C=O) groups excluding carboxylic acids is 1. The third-order valence-corrected chi connectivity index (χ3v) is 10.4. The summed E-state index contributed by atoms with van der Waals surface area (Å²) in [7, 11) is -3.04.